The second kappa shape index (κ2) is 6.36. The Hall–Kier alpha value is -3.36. The Labute approximate surface area is 158 Å². The van der Waals surface area contributed by atoms with Gasteiger partial charge in [-0.25, -0.2) is 13.5 Å². The topological polar surface area (TPSA) is 77.4 Å². The molecule has 3 aliphatic rings. The third-order valence-electron chi connectivity index (χ3n) is 4.71. The maximum absolute atomic E-state index is 13.5. The first kappa shape index (κ1) is 16.8. The van der Waals surface area contributed by atoms with E-state index in [2.05, 4.69) is 15.7 Å². The molecule has 144 valence electrons. The van der Waals surface area contributed by atoms with Crippen LogP contribution in [0.25, 0.3) is 5.70 Å². The van der Waals surface area contributed by atoms with Crippen LogP contribution in [0, 0.1) is 0 Å². The largest absolute Gasteiger partial charge is 0.486 e. The highest BCUT2D eigenvalue weighted by Crippen LogP contribution is 2.38. The van der Waals surface area contributed by atoms with Gasteiger partial charge in [-0.2, -0.15) is 5.10 Å². The van der Waals surface area contributed by atoms with Gasteiger partial charge in [-0.05, 0) is 36.6 Å². The molecule has 3 heterocycles. The van der Waals surface area contributed by atoms with Crippen LogP contribution in [0.4, 0.5) is 20.3 Å². The first-order valence-corrected chi connectivity index (χ1v) is 8.88. The summed E-state index contributed by atoms with van der Waals surface area (Å²) in [5.41, 5.74) is 2.12. The first-order valence-electron chi connectivity index (χ1n) is 8.88. The molecule has 1 saturated carbocycles. The molecule has 7 nitrogen and oxygen atoms in total. The Morgan fingerprint density at radius 2 is 2.00 bits per heavy atom. The van der Waals surface area contributed by atoms with Crippen LogP contribution >= 0.6 is 0 Å². The molecule has 1 amide bonds. The summed E-state index contributed by atoms with van der Waals surface area (Å²) in [6.07, 6.45) is 1.70. The van der Waals surface area contributed by atoms with Gasteiger partial charge in [0, 0.05) is 17.5 Å². The summed E-state index contributed by atoms with van der Waals surface area (Å²) in [7, 11) is 0. The number of carbonyl (C=O) groups excluding carboxylic acids is 1. The number of hydrogen-bond donors (Lipinski definition) is 2. The molecule has 0 atom stereocenters. The van der Waals surface area contributed by atoms with Crippen LogP contribution in [-0.4, -0.2) is 35.3 Å². The predicted octanol–water partition coefficient (Wildman–Crippen LogP) is 3.49. The van der Waals surface area contributed by atoms with Gasteiger partial charge in [-0.1, -0.05) is 0 Å². The SMILES string of the molecule is O=C(Nc1ccc2c(c1)OCCO2)c1cnn2c1NC(=C1CC1)C=C2C(F)F. The number of nitrogens with zero attached hydrogens (tertiary/aromatic N) is 2. The molecule has 2 aliphatic heterocycles. The van der Waals surface area contributed by atoms with Gasteiger partial charge in [0.05, 0.1) is 6.20 Å². The van der Waals surface area contributed by atoms with Crippen molar-refractivity contribution in [3.63, 3.8) is 0 Å². The van der Waals surface area contributed by atoms with Gasteiger partial charge in [-0.15, -0.1) is 0 Å². The Bertz CT molecular complexity index is 1040. The van der Waals surface area contributed by atoms with E-state index in [0.717, 1.165) is 23.1 Å². The smallest absolute Gasteiger partial charge is 0.280 e. The molecule has 1 aliphatic carbocycles. The van der Waals surface area contributed by atoms with Gasteiger partial charge in [-0.3, -0.25) is 4.79 Å². The van der Waals surface area contributed by atoms with E-state index in [1.807, 2.05) is 0 Å². The lowest BCUT2D eigenvalue weighted by atomic mass is 10.2. The maximum Gasteiger partial charge on any atom is 0.280 e. The minimum atomic E-state index is -2.70. The van der Waals surface area contributed by atoms with Crippen molar-refractivity contribution in [1.82, 2.24) is 9.78 Å². The average Bonchev–Trinajstić information content (AvgIpc) is 3.46. The Balaban J connectivity index is 1.44. The number of alkyl halides is 2. The molecule has 9 heteroatoms. The fraction of sp³-hybridized carbons (Fsp3) is 0.263. The highest BCUT2D eigenvalue weighted by atomic mass is 19.3. The van der Waals surface area contributed by atoms with Gasteiger partial charge >= 0.3 is 0 Å². The van der Waals surface area contributed by atoms with E-state index in [9.17, 15) is 13.6 Å². The zero-order valence-electron chi connectivity index (χ0n) is 14.7. The summed E-state index contributed by atoms with van der Waals surface area (Å²) in [6, 6.07) is 5.07. The predicted molar refractivity (Wildman–Crippen MR) is 97.8 cm³/mol. The molecule has 28 heavy (non-hydrogen) atoms. The normalized spacial score (nSPS) is 17.0. The second-order valence-corrected chi connectivity index (χ2v) is 6.64. The minimum absolute atomic E-state index is 0.180. The second-order valence-electron chi connectivity index (χ2n) is 6.64. The fourth-order valence-electron chi connectivity index (χ4n) is 3.20. The van der Waals surface area contributed by atoms with Crippen LogP contribution in [0.5, 0.6) is 11.5 Å². The van der Waals surface area contributed by atoms with Crippen LogP contribution in [-0.2, 0) is 0 Å². The van der Waals surface area contributed by atoms with Crippen molar-refractivity contribution in [2.75, 3.05) is 23.8 Å². The van der Waals surface area contributed by atoms with E-state index in [1.165, 1.54) is 12.3 Å². The Morgan fingerprint density at radius 1 is 1.21 bits per heavy atom. The number of rotatable bonds is 3. The van der Waals surface area contributed by atoms with Crippen molar-refractivity contribution >= 4 is 23.1 Å². The molecule has 0 saturated heterocycles. The summed E-state index contributed by atoms with van der Waals surface area (Å²) >= 11 is 0. The van der Waals surface area contributed by atoms with E-state index in [4.69, 9.17) is 9.47 Å². The van der Waals surface area contributed by atoms with Gasteiger partial charge in [0.15, 0.2) is 11.5 Å². The molecule has 0 spiro atoms. The summed E-state index contributed by atoms with van der Waals surface area (Å²) in [6.45, 7) is 0.913. The zero-order chi connectivity index (χ0) is 19.3. The van der Waals surface area contributed by atoms with Gasteiger partial charge in [0.1, 0.15) is 30.3 Å². The number of anilines is 2. The molecule has 1 aromatic carbocycles. The first-order chi connectivity index (χ1) is 13.6. The van der Waals surface area contributed by atoms with Crippen LogP contribution in [0.3, 0.4) is 0 Å². The summed E-state index contributed by atoms with van der Waals surface area (Å²) < 4.78 is 39.0. The molecule has 0 unspecified atom stereocenters. The molecular weight excluding hydrogens is 370 g/mol. The van der Waals surface area contributed by atoms with Crippen LogP contribution in [0.15, 0.2) is 41.7 Å². The number of nitrogens with one attached hydrogen (secondary N) is 2. The van der Waals surface area contributed by atoms with E-state index < -0.39 is 12.3 Å². The molecular formula is C19H16F2N4O3. The van der Waals surface area contributed by atoms with Crippen molar-refractivity contribution in [2.45, 2.75) is 19.3 Å². The number of allylic oxidation sites excluding steroid dienone is 3. The molecule has 2 N–H and O–H groups in total. The highest BCUT2D eigenvalue weighted by molar-refractivity contribution is 6.08. The quantitative estimate of drug-likeness (QED) is 0.845. The fourth-order valence-corrected chi connectivity index (χ4v) is 3.20. The number of hydrogen-bond acceptors (Lipinski definition) is 5. The molecule has 0 radical (unpaired) electrons. The number of ether oxygens (including phenoxy) is 2. The van der Waals surface area contributed by atoms with Crippen molar-refractivity contribution in [3.8, 4) is 11.5 Å². The maximum atomic E-state index is 13.5. The molecule has 1 fully saturated rings. The van der Waals surface area contributed by atoms with Gasteiger partial charge < -0.3 is 20.1 Å². The van der Waals surface area contributed by atoms with E-state index in [-0.39, 0.29) is 17.1 Å². The number of carbonyl (C=O) groups is 1. The Kier molecular flexibility index (Phi) is 3.81. The van der Waals surface area contributed by atoms with Crippen LogP contribution in [0.2, 0.25) is 0 Å². The zero-order valence-corrected chi connectivity index (χ0v) is 14.7. The van der Waals surface area contributed by atoms with Gasteiger partial charge in [0.25, 0.3) is 12.3 Å². The lowest BCUT2D eigenvalue weighted by molar-refractivity contribution is 0.102. The van der Waals surface area contributed by atoms with E-state index in [0.29, 0.717) is 36.1 Å². The lowest BCUT2D eigenvalue weighted by Gasteiger charge is -2.21. The Morgan fingerprint density at radius 3 is 2.75 bits per heavy atom. The average molecular weight is 386 g/mol. The van der Waals surface area contributed by atoms with Gasteiger partial charge in [0.2, 0.25) is 0 Å². The number of amides is 1. The van der Waals surface area contributed by atoms with Crippen molar-refractivity contribution in [1.29, 1.82) is 0 Å². The summed E-state index contributed by atoms with van der Waals surface area (Å²) in [4.78, 5) is 12.8. The van der Waals surface area contributed by atoms with Crippen LogP contribution < -0.4 is 20.1 Å². The van der Waals surface area contributed by atoms with Crippen molar-refractivity contribution < 1.29 is 23.0 Å². The van der Waals surface area contributed by atoms with Crippen LogP contribution in [0.1, 0.15) is 23.2 Å². The molecule has 1 aromatic heterocycles. The van der Waals surface area contributed by atoms with E-state index >= 15 is 0 Å². The number of benzene rings is 1. The monoisotopic (exact) mass is 386 g/mol. The van der Waals surface area contributed by atoms with Crippen molar-refractivity contribution in [2.24, 2.45) is 0 Å². The lowest BCUT2D eigenvalue weighted by Crippen LogP contribution is -2.20. The summed E-state index contributed by atoms with van der Waals surface area (Å²) in [5.74, 6) is 0.937. The minimum Gasteiger partial charge on any atom is -0.486 e. The van der Waals surface area contributed by atoms with Crippen molar-refractivity contribution in [3.05, 3.63) is 47.3 Å². The molecule has 0 bridgehead atoms. The molecule has 2 aromatic rings. The number of aromatic nitrogens is 2. The number of fused-ring (bicyclic) bond motifs is 2. The van der Waals surface area contributed by atoms with E-state index in [1.54, 1.807) is 18.2 Å². The highest BCUT2D eigenvalue weighted by Gasteiger charge is 2.30. The summed E-state index contributed by atoms with van der Waals surface area (Å²) in [5, 5.41) is 9.82. The standard InChI is InChI=1S/C19H16F2N4O3/c20-17(21)14-8-13(10-1-2-10)24-18-12(9-22-25(14)18)19(26)23-11-3-4-15-16(7-11)28-6-5-27-15/h3-4,7-9,17,24H,1-2,5-6H2,(H,23,26). The third kappa shape index (κ3) is 2.88. The third-order valence-corrected chi connectivity index (χ3v) is 4.71. The molecule has 5 rings (SSSR count). The number of halogens is 2.